The summed E-state index contributed by atoms with van der Waals surface area (Å²) in [6.45, 7) is 9.65. The first kappa shape index (κ1) is 37.7. The third-order valence-corrected chi connectivity index (χ3v) is 8.01. The molecule has 0 saturated carbocycles. The molecule has 2 aliphatic rings. The van der Waals surface area contributed by atoms with Crippen molar-refractivity contribution < 1.29 is 8.42 Å². The molecule has 216 valence electrons. The van der Waals surface area contributed by atoms with Crippen LogP contribution in [0.25, 0.3) is 0 Å². The van der Waals surface area contributed by atoms with Crippen molar-refractivity contribution >= 4 is 88.1 Å². The van der Waals surface area contributed by atoms with E-state index in [1.165, 1.54) is 11.1 Å². The quantitative estimate of drug-likeness (QED) is 0.387. The summed E-state index contributed by atoms with van der Waals surface area (Å²) in [5.41, 5.74) is 2.50. The van der Waals surface area contributed by atoms with Crippen molar-refractivity contribution in [2.75, 3.05) is 58.9 Å². The first-order chi connectivity index (χ1) is 16.5. The van der Waals surface area contributed by atoms with E-state index in [0.717, 1.165) is 82.0 Å². The standard InChI is InChI=1S/C25H32Cl2N4O2S.4ClH/c26-23-5-1-21(2-6-23)19-29-13-11-28(12-14-29)10-9-25(34(32)33)31-17-15-30(16-18-31)20-22-3-7-24(27)8-4-22;;;;/h1-8H,9-20H2;4*1H. The highest BCUT2D eigenvalue weighted by atomic mass is 35.5. The first-order valence-electron chi connectivity index (χ1n) is 11.8. The number of halogens is 6. The van der Waals surface area contributed by atoms with E-state index in [4.69, 9.17) is 23.2 Å². The highest BCUT2D eigenvalue weighted by Crippen LogP contribution is 2.15. The van der Waals surface area contributed by atoms with Gasteiger partial charge in [-0.2, -0.15) is 8.42 Å². The minimum absolute atomic E-state index is 0. The summed E-state index contributed by atoms with van der Waals surface area (Å²) in [6.07, 6.45) is 0.574. The molecule has 2 aromatic carbocycles. The van der Waals surface area contributed by atoms with Crippen LogP contribution in [0, 0.1) is 0 Å². The fourth-order valence-corrected chi connectivity index (χ4v) is 5.53. The number of piperazine rings is 2. The topological polar surface area (TPSA) is 47.1 Å². The Kier molecular flexibility index (Phi) is 18.8. The Bertz CT molecular complexity index is 1070. The molecule has 0 unspecified atom stereocenters. The lowest BCUT2D eigenvalue weighted by atomic mass is 10.2. The second-order valence-corrected chi connectivity index (χ2v) is 10.8. The van der Waals surface area contributed by atoms with Gasteiger partial charge in [0.05, 0.1) is 0 Å². The lowest BCUT2D eigenvalue weighted by Crippen LogP contribution is -2.50. The molecule has 0 bridgehead atoms. The highest BCUT2D eigenvalue weighted by Gasteiger charge is 2.23. The molecule has 2 heterocycles. The van der Waals surface area contributed by atoms with Crippen LogP contribution in [0.2, 0.25) is 10.0 Å². The summed E-state index contributed by atoms with van der Waals surface area (Å²) in [6, 6.07) is 16.0. The third-order valence-electron chi connectivity index (χ3n) is 6.66. The van der Waals surface area contributed by atoms with Crippen LogP contribution in [0.3, 0.4) is 0 Å². The molecule has 0 aromatic heterocycles. The van der Waals surface area contributed by atoms with E-state index in [1.54, 1.807) is 0 Å². The summed E-state index contributed by atoms with van der Waals surface area (Å²) in [5, 5.41) is 1.51. The molecule has 0 aliphatic carbocycles. The van der Waals surface area contributed by atoms with Crippen LogP contribution in [0.15, 0.2) is 48.5 Å². The van der Waals surface area contributed by atoms with Crippen molar-refractivity contribution in [1.82, 2.24) is 19.6 Å². The minimum atomic E-state index is -2.18. The van der Waals surface area contributed by atoms with Crippen LogP contribution >= 0.6 is 72.8 Å². The number of nitrogens with zero attached hydrogens (tertiary/aromatic N) is 4. The fraction of sp³-hybridized carbons (Fsp3) is 0.480. The Morgan fingerprint density at radius 1 is 0.605 bits per heavy atom. The molecular weight excluding hydrogens is 633 g/mol. The van der Waals surface area contributed by atoms with E-state index in [1.807, 2.05) is 36.4 Å². The van der Waals surface area contributed by atoms with E-state index < -0.39 is 10.3 Å². The molecule has 0 atom stereocenters. The van der Waals surface area contributed by atoms with Gasteiger partial charge < -0.3 is 4.90 Å². The Balaban J connectivity index is 0.00000342. The average molecular weight is 669 g/mol. The van der Waals surface area contributed by atoms with Gasteiger partial charge >= 0.3 is 0 Å². The second-order valence-electron chi connectivity index (χ2n) is 9.01. The highest BCUT2D eigenvalue weighted by molar-refractivity contribution is 7.72. The van der Waals surface area contributed by atoms with E-state index in [9.17, 15) is 8.42 Å². The Morgan fingerprint density at radius 2 is 0.974 bits per heavy atom. The zero-order valence-electron chi connectivity index (χ0n) is 21.0. The van der Waals surface area contributed by atoms with Gasteiger partial charge in [-0.3, -0.25) is 14.7 Å². The maximum absolute atomic E-state index is 12.0. The summed E-state index contributed by atoms with van der Waals surface area (Å²) in [5.74, 6) is 0. The number of hydrogen-bond donors (Lipinski definition) is 0. The Hall–Kier alpha value is -0.290. The van der Waals surface area contributed by atoms with Crippen LogP contribution in [0.4, 0.5) is 0 Å². The molecule has 2 aromatic rings. The third kappa shape index (κ3) is 11.7. The van der Waals surface area contributed by atoms with Gasteiger partial charge in [-0.05, 0) is 35.4 Å². The van der Waals surface area contributed by atoms with Crippen molar-refractivity contribution in [3.05, 3.63) is 69.7 Å². The lowest BCUT2D eigenvalue weighted by molar-refractivity contribution is 0.128. The summed E-state index contributed by atoms with van der Waals surface area (Å²) in [7, 11) is -2.18. The normalized spacial score (nSPS) is 16.8. The van der Waals surface area contributed by atoms with Crippen molar-refractivity contribution in [2.45, 2.75) is 19.5 Å². The van der Waals surface area contributed by atoms with Gasteiger partial charge in [0.15, 0.2) is 0 Å². The van der Waals surface area contributed by atoms with Gasteiger partial charge in [0.2, 0.25) is 10.3 Å². The molecule has 0 amide bonds. The van der Waals surface area contributed by atoms with Crippen LogP contribution in [0.5, 0.6) is 0 Å². The second kappa shape index (κ2) is 18.9. The maximum Gasteiger partial charge on any atom is 0.228 e. The number of benzene rings is 2. The molecule has 2 fully saturated rings. The van der Waals surface area contributed by atoms with E-state index in [-0.39, 0.29) is 49.6 Å². The van der Waals surface area contributed by atoms with E-state index in [0.29, 0.717) is 11.4 Å². The molecule has 0 radical (unpaired) electrons. The van der Waals surface area contributed by atoms with Crippen LogP contribution in [0.1, 0.15) is 17.5 Å². The van der Waals surface area contributed by atoms with Crippen LogP contribution in [-0.4, -0.2) is 91.9 Å². The Morgan fingerprint density at radius 3 is 1.37 bits per heavy atom. The monoisotopic (exact) mass is 666 g/mol. The number of rotatable bonds is 7. The van der Waals surface area contributed by atoms with Crippen molar-refractivity contribution in [2.24, 2.45) is 0 Å². The Labute approximate surface area is 262 Å². The molecular formula is C25H36Cl6N4O2S. The van der Waals surface area contributed by atoms with E-state index >= 15 is 0 Å². The maximum atomic E-state index is 12.0. The van der Waals surface area contributed by atoms with Crippen molar-refractivity contribution in [1.29, 1.82) is 0 Å². The van der Waals surface area contributed by atoms with E-state index in [2.05, 4.69) is 31.7 Å². The minimum Gasteiger partial charge on any atom is -0.300 e. The predicted octanol–water partition coefficient (Wildman–Crippen LogP) is 5.02. The molecule has 13 heteroatoms. The number of hydrogen-bond acceptors (Lipinski definition) is 5. The molecule has 0 spiro atoms. The summed E-state index contributed by atoms with van der Waals surface area (Å²) < 4.78 is 24.0. The van der Waals surface area contributed by atoms with Gasteiger partial charge in [0, 0.05) is 88.5 Å². The zero-order valence-corrected chi connectivity index (χ0v) is 26.6. The molecule has 2 saturated heterocycles. The van der Waals surface area contributed by atoms with Gasteiger partial charge in [0.1, 0.15) is 4.99 Å². The first-order valence-corrected chi connectivity index (χ1v) is 13.7. The zero-order chi connectivity index (χ0) is 23.9. The average Bonchev–Trinajstić information content (AvgIpc) is 2.84. The van der Waals surface area contributed by atoms with Gasteiger partial charge in [-0.25, -0.2) is 0 Å². The summed E-state index contributed by atoms with van der Waals surface area (Å²) in [4.78, 5) is 9.79. The van der Waals surface area contributed by atoms with Gasteiger partial charge in [0.25, 0.3) is 0 Å². The lowest BCUT2D eigenvalue weighted by Gasteiger charge is -2.36. The predicted molar refractivity (Wildman–Crippen MR) is 169 cm³/mol. The SMILES string of the molecule is Cl.Cl.Cl.Cl.O=S(=O)=C(CCN1CCN(Cc2ccc(Cl)cc2)CC1)N1CCN(Cc2ccc(Cl)cc2)CC1. The smallest absolute Gasteiger partial charge is 0.228 e. The summed E-state index contributed by atoms with van der Waals surface area (Å²) >= 11 is 12.0. The molecule has 38 heavy (non-hydrogen) atoms. The van der Waals surface area contributed by atoms with Crippen LogP contribution in [-0.2, 0) is 23.4 Å². The van der Waals surface area contributed by atoms with Crippen molar-refractivity contribution in [3.8, 4) is 0 Å². The fourth-order valence-electron chi connectivity index (χ4n) is 4.62. The van der Waals surface area contributed by atoms with Crippen LogP contribution < -0.4 is 0 Å². The molecule has 4 rings (SSSR count). The van der Waals surface area contributed by atoms with Gasteiger partial charge in [-0.1, -0.05) is 47.5 Å². The van der Waals surface area contributed by atoms with Gasteiger partial charge in [-0.15, -0.1) is 49.6 Å². The molecule has 0 N–H and O–H groups in total. The largest absolute Gasteiger partial charge is 0.300 e. The van der Waals surface area contributed by atoms with Crippen molar-refractivity contribution in [3.63, 3.8) is 0 Å². The molecule has 2 aliphatic heterocycles. The molecule has 6 nitrogen and oxygen atoms in total.